The monoisotopic (exact) mass is 364 g/mol. The molecular formula is C19H19F3N2O2. The lowest BCUT2D eigenvalue weighted by Crippen LogP contribution is -2.40. The Labute approximate surface area is 149 Å². The summed E-state index contributed by atoms with van der Waals surface area (Å²) in [6, 6.07) is 10.4. The lowest BCUT2D eigenvalue weighted by Gasteiger charge is -2.23. The first-order valence-corrected chi connectivity index (χ1v) is 8.28. The molecule has 1 amide bonds. The van der Waals surface area contributed by atoms with Crippen molar-refractivity contribution in [3.05, 3.63) is 65.2 Å². The molecule has 3 rings (SSSR count). The van der Waals surface area contributed by atoms with Crippen LogP contribution in [-0.4, -0.2) is 30.2 Å². The van der Waals surface area contributed by atoms with E-state index >= 15 is 0 Å². The largest absolute Gasteiger partial charge is 0.489 e. The second kappa shape index (κ2) is 8.23. The molecule has 2 aromatic rings. The predicted molar refractivity (Wildman–Crippen MR) is 90.0 cm³/mol. The number of likely N-dealkylation sites (tertiary alicyclic amines) is 1. The second-order valence-corrected chi connectivity index (χ2v) is 6.23. The number of hydrogen-bond donors (Lipinski definition) is 1. The van der Waals surface area contributed by atoms with E-state index in [-0.39, 0.29) is 31.9 Å². The van der Waals surface area contributed by atoms with E-state index in [1.165, 1.54) is 18.2 Å². The summed E-state index contributed by atoms with van der Waals surface area (Å²) in [6.07, 6.45) is -0.778. The van der Waals surface area contributed by atoms with Crippen molar-refractivity contribution in [2.45, 2.75) is 31.9 Å². The van der Waals surface area contributed by atoms with Gasteiger partial charge in [0.2, 0.25) is 6.41 Å². The summed E-state index contributed by atoms with van der Waals surface area (Å²) in [5.74, 6) is -0.514. The van der Waals surface area contributed by atoms with Crippen LogP contribution in [0, 0.1) is 11.6 Å². The van der Waals surface area contributed by atoms with Crippen molar-refractivity contribution in [2.24, 2.45) is 0 Å². The summed E-state index contributed by atoms with van der Waals surface area (Å²) in [6.45, 7) is 0.447. The molecule has 7 heteroatoms. The molecule has 1 aliphatic rings. The van der Waals surface area contributed by atoms with E-state index in [2.05, 4.69) is 5.32 Å². The molecule has 1 aliphatic heterocycles. The topological polar surface area (TPSA) is 41.6 Å². The maximum absolute atomic E-state index is 14.4. The van der Waals surface area contributed by atoms with Gasteiger partial charge in [-0.15, -0.1) is 0 Å². The van der Waals surface area contributed by atoms with Gasteiger partial charge in [0, 0.05) is 31.1 Å². The molecule has 2 atom stereocenters. The maximum atomic E-state index is 14.4. The van der Waals surface area contributed by atoms with Crippen molar-refractivity contribution < 1.29 is 22.7 Å². The zero-order valence-electron chi connectivity index (χ0n) is 14.0. The van der Waals surface area contributed by atoms with Crippen molar-refractivity contribution in [2.75, 3.05) is 6.54 Å². The zero-order valence-corrected chi connectivity index (χ0v) is 14.0. The molecule has 0 radical (unpaired) electrons. The van der Waals surface area contributed by atoms with E-state index in [1.807, 2.05) is 0 Å². The Morgan fingerprint density at radius 3 is 2.81 bits per heavy atom. The Morgan fingerprint density at radius 2 is 2.08 bits per heavy atom. The number of ether oxygens (including phenoxy) is 1. The van der Waals surface area contributed by atoms with Crippen LogP contribution in [0.15, 0.2) is 42.5 Å². The van der Waals surface area contributed by atoms with Crippen LogP contribution in [0.3, 0.4) is 0 Å². The molecule has 0 aliphatic carbocycles. The molecule has 0 spiro atoms. The third-order valence-corrected chi connectivity index (χ3v) is 4.31. The molecule has 1 N–H and O–H groups in total. The number of halogens is 3. The molecule has 0 aromatic heterocycles. The predicted octanol–water partition coefficient (Wildman–Crippen LogP) is 3.16. The smallest absolute Gasteiger partial charge is 0.208 e. The Kier molecular flexibility index (Phi) is 5.78. The maximum Gasteiger partial charge on any atom is 0.208 e. The number of amides is 1. The fraction of sp³-hybridized carbons (Fsp3) is 0.316. The van der Waals surface area contributed by atoms with E-state index in [0.717, 1.165) is 0 Å². The number of carbonyl (C=O) groups is 1. The van der Waals surface area contributed by atoms with Gasteiger partial charge in [0.25, 0.3) is 0 Å². The normalized spacial score (nSPS) is 20.1. The number of nitrogens with zero attached hydrogens (tertiary/aromatic N) is 1. The minimum absolute atomic E-state index is 0.123. The Hall–Kier alpha value is -2.54. The van der Waals surface area contributed by atoms with Crippen LogP contribution in [0.2, 0.25) is 0 Å². The second-order valence-electron chi connectivity index (χ2n) is 6.23. The van der Waals surface area contributed by atoms with Gasteiger partial charge < -0.3 is 10.1 Å². The van der Waals surface area contributed by atoms with Gasteiger partial charge in [-0.05, 0) is 23.8 Å². The zero-order chi connectivity index (χ0) is 18.5. The highest BCUT2D eigenvalue weighted by Gasteiger charge is 2.32. The van der Waals surface area contributed by atoms with Gasteiger partial charge in [0.15, 0.2) is 0 Å². The molecule has 0 unspecified atom stereocenters. The van der Waals surface area contributed by atoms with E-state index in [9.17, 15) is 18.0 Å². The van der Waals surface area contributed by atoms with Crippen molar-refractivity contribution in [1.29, 1.82) is 0 Å². The lowest BCUT2D eigenvalue weighted by atomic mass is 10.2. The molecule has 2 aromatic carbocycles. The third kappa shape index (κ3) is 4.54. The fourth-order valence-corrected chi connectivity index (χ4v) is 3.03. The SMILES string of the molecule is O=CN[C@@H]1C[C@H](F)CN1Cc1ccc(OCc2cccc(F)c2)cc1F. The van der Waals surface area contributed by atoms with Crippen molar-refractivity contribution in [1.82, 2.24) is 10.2 Å². The van der Waals surface area contributed by atoms with Gasteiger partial charge in [0.1, 0.15) is 30.2 Å². The number of rotatable bonds is 7. The number of hydrogen-bond acceptors (Lipinski definition) is 3. The summed E-state index contributed by atoms with van der Waals surface area (Å²) in [7, 11) is 0. The first-order valence-electron chi connectivity index (χ1n) is 8.28. The average Bonchev–Trinajstić information content (AvgIpc) is 2.95. The Balaban J connectivity index is 1.63. The number of nitrogens with one attached hydrogen (secondary N) is 1. The molecule has 26 heavy (non-hydrogen) atoms. The van der Waals surface area contributed by atoms with Gasteiger partial charge in [0.05, 0.1) is 6.17 Å². The lowest BCUT2D eigenvalue weighted by molar-refractivity contribution is -0.111. The summed E-state index contributed by atoms with van der Waals surface area (Å²) in [5, 5.41) is 2.55. The summed E-state index contributed by atoms with van der Waals surface area (Å²) in [5.41, 5.74) is 1.03. The van der Waals surface area contributed by atoms with Crippen LogP contribution in [0.25, 0.3) is 0 Å². The molecule has 1 heterocycles. The van der Waals surface area contributed by atoms with Crippen molar-refractivity contribution in [3.8, 4) is 5.75 Å². The third-order valence-electron chi connectivity index (χ3n) is 4.31. The van der Waals surface area contributed by atoms with E-state index in [0.29, 0.717) is 23.3 Å². The van der Waals surface area contributed by atoms with Gasteiger partial charge in [-0.1, -0.05) is 18.2 Å². The van der Waals surface area contributed by atoms with Crippen LogP contribution < -0.4 is 10.1 Å². The minimum atomic E-state index is -1.05. The highest BCUT2D eigenvalue weighted by Crippen LogP contribution is 2.24. The summed E-state index contributed by atoms with van der Waals surface area (Å²) < 4.78 is 46.6. The Bertz CT molecular complexity index is 772. The standard InChI is InChI=1S/C19H19F3N2O2/c20-15-3-1-2-13(6-15)11-26-17-5-4-14(18(22)8-17)9-24-10-16(21)7-19(24)23-12-25/h1-6,8,12,16,19H,7,9-11H2,(H,23,25)/t16-,19-/m0/s1. The molecule has 0 bridgehead atoms. The van der Waals surface area contributed by atoms with Crippen LogP contribution in [0.5, 0.6) is 5.75 Å². The number of carbonyl (C=O) groups excluding carboxylic acids is 1. The number of alkyl halides is 1. The van der Waals surface area contributed by atoms with Gasteiger partial charge in [-0.3, -0.25) is 9.69 Å². The minimum Gasteiger partial charge on any atom is -0.489 e. The van der Waals surface area contributed by atoms with Gasteiger partial charge in [-0.25, -0.2) is 13.2 Å². The first kappa shape index (κ1) is 18.3. The summed E-state index contributed by atoms with van der Waals surface area (Å²) in [4.78, 5) is 12.3. The highest BCUT2D eigenvalue weighted by atomic mass is 19.1. The molecule has 4 nitrogen and oxygen atoms in total. The fourth-order valence-electron chi connectivity index (χ4n) is 3.03. The van der Waals surface area contributed by atoms with Crippen molar-refractivity contribution in [3.63, 3.8) is 0 Å². The van der Waals surface area contributed by atoms with E-state index in [4.69, 9.17) is 4.74 Å². The number of benzene rings is 2. The van der Waals surface area contributed by atoms with E-state index in [1.54, 1.807) is 29.2 Å². The van der Waals surface area contributed by atoms with Gasteiger partial charge >= 0.3 is 0 Å². The van der Waals surface area contributed by atoms with E-state index < -0.39 is 18.2 Å². The van der Waals surface area contributed by atoms with Crippen LogP contribution >= 0.6 is 0 Å². The van der Waals surface area contributed by atoms with Crippen LogP contribution in [0.4, 0.5) is 13.2 Å². The highest BCUT2D eigenvalue weighted by molar-refractivity contribution is 5.46. The quantitative estimate of drug-likeness (QED) is 0.768. The molecule has 138 valence electrons. The Morgan fingerprint density at radius 1 is 1.23 bits per heavy atom. The average molecular weight is 364 g/mol. The molecule has 0 saturated carbocycles. The summed E-state index contributed by atoms with van der Waals surface area (Å²) >= 11 is 0. The van der Waals surface area contributed by atoms with Gasteiger partial charge in [-0.2, -0.15) is 0 Å². The molecule has 1 fully saturated rings. The van der Waals surface area contributed by atoms with Crippen LogP contribution in [0.1, 0.15) is 17.5 Å². The molecular weight excluding hydrogens is 345 g/mol. The molecule has 1 saturated heterocycles. The van der Waals surface area contributed by atoms with Crippen LogP contribution in [-0.2, 0) is 17.9 Å². The van der Waals surface area contributed by atoms with Crippen molar-refractivity contribution >= 4 is 6.41 Å². The first-order chi connectivity index (χ1) is 12.5.